The van der Waals surface area contributed by atoms with Crippen molar-refractivity contribution in [1.29, 1.82) is 0 Å². The minimum absolute atomic E-state index is 0.165. The molecule has 0 saturated carbocycles. The van der Waals surface area contributed by atoms with E-state index in [0.717, 1.165) is 16.1 Å². The summed E-state index contributed by atoms with van der Waals surface area (Å²) < 4.78 is 3.31. The summed E-state index contributed by atoms with van der Waals surface area (Å²) in [7, 11) is 2.03. The molecular weight excluding hydrogens is 314 g/mol. The first-order valence-electron chi connectivity index (χ1n) is 8.10. The number of thiazole rings is 1. The maximum Gasteiger partial charge on any atom is 0.211 e. The van der Waals surface area contributed by atoms with E-state index in [4.69, 9.17) is 0 Å². The quantitative estimate of drug-likeness (QED) is 0.472. The Morgan fingerprint density at radius 1 is 1.00 bits per heavy atom. The summed E-state index contributed by atoms with van der Waals surface area (Å²) in [5.74, 6) is 0. The summed E-state index contributed by atoms with van der Waals surface area (Å²) >= 11 is 1.66. The van der Waals surface area contributed by atoms with E-state index >= 15 is 0 Å². The highest BCUT2D eigenvalue weighted by atomic mass is 32.1. The minimum atomic E-state index is 0.165. The molecule has 0 aliphatic heterocycles. The van der Waals surface area contributed by atoms with Crippen LogP contribution in [0.2, 0.25) is 0 Å². The molecule has 0 fully saturated rings. The van der Waals surface area contributed by atoms with Crippen molar-refractivity contribution in [3.05, 3.63) is 64.5 Å². The van der Waals surface area contributed by atoms with Gasteiger partial charge >= 0.3 is 0 Å². The summed E-state index contributed by atoms with van der Waals surface area (Å²) in [5, 5.41) is 8.90. The number of benzene rings is 2. The first-order valence-corrected chi connectivity index (χ1v) is 8.92. The molecule has 0 saturated heterocycles. The second-order valence-electron chi connectivity index (χ2n) is 7.02. The van der Waals surface area contributed by atoms with Crippen LogP contribution < -0.4 is 4.80 Å². The Bertz CT molecular complexity index is 951. The van der Waals surface area contributed by atoms with E-state index in [0.29, 0.717) is 0 Å². The molecule has 1 heterocycles. The molecule has 3 nitrogen and oxygen atoms in total. The average molecular weight is 337 g/mol. The van der Waals surface area contributed by atoms with Gasteiger partial charge in [-0.3, -0.25) is 0 Å². The van der Waals surface area contributed by atoms with Crippen LogP contribution in [0, 0.1) is 0 Å². The van der Waals surface area contributed by atoms with Crippen LogP contribution in [0.25, 0.3) is 10.2 Å². The Morgan fingerprint density at radius 2 is 1.67 bits per heavy atom. The van der Waals surface area contributed by atoms with Crippen LogP contribution in [0.1, 0.15) is 38.8 Å². The minimum Gasteiger partial charge on any atom is -0.318 e. The van der Waals surface area contributed by atoms with Crippen molar-refractivity contribution in [3.63, 3.8) is 0 Å². The highest BCUT2D eigenvalue weighted by molar-refractivity contribution is 7.16. The van der Waals surface area contributed by atoms with Crippen molar-refractivity contribution < 1.29 is 0 Å². The Labute approximate surface area is 147 Å². The fourth-order valence-corrected chi connectivity index (χ4v) is 3.53. The van der Waals surface area contributed by atoms with E-state index < -0.39 is 0 Å². The predicted octanol–water partition coefficient (Wildman–Crippen LogP) is 4.86. The second kappa shape index (κ2) is 6.36. The topological polar surface area (TPSA) is 29.6 Å². The number of aromatic nitrogens is 1. The standard InChI is InChI=1S/C20H23N3S/c1-14(15-10-12-16(13-11-15)20(2,3)4)21-22-19-23(5)17-8-6-7-9-18(17)24-19/h6-13H,1-5H3/b21-14+,22-19-. The molecule has 3 aromatic rings. The molecular formula is C20H23N3S. The number of rotatable bonds is 2. The van der Waals surface area contributed by atoms with Gasteiger partial charge in [-0.2, -0.15) is 5.10 Å². The van der Waals surface area contributed by atoms with Crippen molar-refractivity contribution in [2.24, 2.45) is 17.3 Å². The second-order valence-corrected chi connectivity index (χ2v) is 8.03. The number of hydrogen-bond donors (Lipinski definition) is 0. The predicted molar refractivity (Wildman–Crippen MR) is 104 cm³/mol. The SMILES string of the molecule is C/C(=N\N=c1/sc2ccccc2n1C)c1ccc(C(C)(C)C)cc1. The van der Waals surface area contributed by atoms with Gasteiger partial charge in [-0.1, -0.05) is 68.5 Å². The van der Waals surface area contributed by atoms with Crippen LogP contribution in [0.15, 0.2) is 58.7 Å². The van der Waals surface area contributed by atoms with Gasteiger partial charge < -0.3 is 4.57 Å². The number of aryl methyl sites for hydroxylation is 1. The summed E-state index contributed by atoms with van der Waals surface area (Å²) in [5.41, 5.74) is 4.71. The van der Waals surface area contributed by atoms with Crippen molar-refractivity contribution in [2.45, 2.75) is 33.1 Å². The lowest BCUT2D eigenvalue weighted by Gasteiger charge is -2.19. The molecule has 1 aromatic heterocycles. The molecule has 0 atom stereocenters. The number of hydrogen-bond acceptors (Lipinski definition) is 3. The maximum absolute atomic E-state index is 4.46. The van der Waals surface area contributed by atoms with E-state index in [1.807, 2.05) is 26.1 Å². The lowest BCUT2D eigenvalue weighted by molar-refractivity contribution is 0.590. The van der Waals surface area contributed by atoms with Crippen LogP contribution >= 0.6 is 11.3 Å². The molecule has 0 bridgehead atoms. The van der Waals surface area contributed by atoms with Crippen molar-refractivity contribution in [2.75, 3.05) is 0 Å². The van der Waals surface area contributed by atoms with Gasteiger partial charge in [0.15, 0.2) is 0 Å². The highest BCUT2D eigenvalue weighted by Crippen LogP contribution is 2.22. The van der Waals surface area contributed by atoms with Crippen LogP contribution in [-0.4, -0.2) is 10.3 Å². The Hall–Kier alpha value is -2.20. The first kappa shape index (κ1) is 16.7. The summed E-state index contributed by atoms with van der Waals surface area (Å²) in [6.45, 7) is 8.67. The van der Waals surface area contributed by atoms with Crippen LogP contribution in [0.3, 0.4) is 0 Å². The molecule has 2 aromatic carbocycles. The lowest BCUT2D eigenvalue weighted by Crippen LogP contribution is -2.11. The van der Waals surface area contributed by atoms with Gasteiger partial charge in [-0.25, -0.2) is 0 Å². The Balaban J connectivity index is 1.94. The Kier molecular flexibility index (Phi) is 4.41. The van der Waals surface area contributed by atoms with E-state index in [1.165, 1.54) is 15.8 Å². The van der Waals surface area contributed by atoms with E-state index in [-0.39, 0.29) is 5.41 Å². The van der Waals surface area contributed by atoms with Gasteiger partial charge in [0.05, 0.1) is 15.9 Å². The third kappa shape index (κ3) is 3.34. The van der Waals surface area contributed by atoms with E-state index in [2.05, 4.69) is 71.9 Å². The molecule has 24 heavy (non-hydrogen) atoms. The van der Waals surface area contributed by atoms with Gasteiger partial charge in [0.25, 0.3) is 0 Å². The van der Waals surface area contributed by atoms with Gasteiger partial charge in [0.1, 0.15) is 0 Å². The fourth-order valence-electron chi connectivity index (χ4n) is 2.56. The molecule has 0 N–H and O–H groups in total. The van der Waals surface area contributed by atoms with E-state index in [9.17, 15) is 0 Å². The molecule has 0 aliphatic rings. The monoisotopic (exact) mass is 337 g/mol. The van der Waals surface area contributed by atoms with Gasteiger partial charge in [0, 0.05) is 7.05 Å². The molecule has 4 heteroatoms. The zero-order valence-corrected chi connectivity index (χ0v) is 15.7. The smallest absolute Gasteiger partial charge is 0.211 e. The zero-order valence-electron chi connectivity index (χ0n) is 14.9. The van der Waals surface area contributed by atoms with Gasteiger partial charge in [0.2, 0.25) is 4.80 Å². The van der Waals surface area contributed by atoms with Gasteiger partial charge in [-0.05, 0) is 35.6 Å². The van der Waals surface area contributed by atoms with Crippen molar-refractivity contribution in [1.82, 2.24) is 4.57 Å². The van der Waals surface area contributed by atoms with Crippen LogP contribution in [0.5, 0.6) is 0 Å². The Morgan fingerprint density at radius 3 is 2.29 bits per heavy atom. The zero-order chi connectivity index (χ0) is 17.3. The molecule has 0 spiro atoms. The van der Waals surface area contributed by atoms with Crippen LogP contribution in [0.4, 0.5) is 0 Å². The highest BCUT2D eigenvalue weighted by Gasteiger charge is 2.13. The number of fused-ring (bicyclic) bond motifs is 1. The van der Waals surface area contributed by atoms with E-state index in [1.54, 1.807) is 11.3 Å². The maximum atomic E-state index is 4.46. The largest absolute Gasteiger partial charge is 0.318 e. The molecule has 0 amide bonds. The number of para-hydroxylation sites is 1. The van der Waals surface area contributed by atoms with Gasteiger partial charge in [-0.15, -0.1) is 5.10 Å². The lowest BCUT2D eigenvalue weighted by atomic mass is 9.86. The summed E-state index contributed by atoms with van der Waals surface area (Å²) in [4.78, 5) is 0.905. The van der Waals surface area contributed by atoms with Crippen molar-refractivity contribution in [3.8, 4) is 0 Å². The third-order valence-electron chi connectivity index (χ3n) is 4.17. The molecule has 0 aliphatic carbocycles. The summed E-state index contributed by atoms with van der Waals surface area (Å²) in [6, 6.07) is 16.9. The fraction of sp³-hybridized carbons (Fsp3) is 0.300. The summed E-state index contributed by atoms with van der Waals surface area (Å²) in [6.07, 6.45) is 0. The molecule has 124 valence electrons. The molecule has 3 rings (SSSR count). The molecule has 0 radical (unpaired) electrons. The third-order valence-corrected chi connectivity index (χ3v) is 5.27. The van der Waals surface area contributed by atoms with Crippen LogP contribution in [-0.2, 0) is 12.5 Å². The first-order chi connectivity index (χ1) is 11.4. The molecule has 0 unspecified atom stereocenters. The number of nitrogens with zero attached hydrogens (tertiary/aromatic N) is 3. The van der Waals surface area contributed by atoms with Crippen molar-refractivity contribution >= 4 is 27.3 Å². The normalized spacial score (nSPS) is 13.7. The average Bonchev–Trinajstić information content (AvgIpc) is 2.88.